The highest BCUT2D eigenvalue weighted by Crippen LogP contribution is 2.17. The molecule has 126 valence electrons. The van der Waals surface area contributed by atoms with Crippen molar-refractivity contribution in [1.82, 2.24) is 4.57 Å². The molecular formula is C18H19NO5. The molecule has 0 spiro atoms. The summed E-state index contributed by atoms with van der Waals surface area (Å²) in [5, 5.41) is 0.464. The molecule has 3 rings (SSSR count). The number of hydrogen-bond acceptors (Lipinski definition) is 5. The van der Waals surface area contributed by atoms with Crippen LogP contribution in [0.25, 0.3) is 21.5 Å². The number of aromatic nitrogens is 1. The zero-order valence-electron chi connectivity index (χ0n) is 13.8. The summed E-state index contributed by atoms with van der Waals surface area (Å²) < 4.78 is 5.76. The van der Waals surface area contributed by atoms with Crippen LogP contribution in [0.5, 0.6) is 0 Å². The Balaban J connectivity index is 2.16. The normalized spacial score (nSPS) is 13.1. The van der Waals surface area contributed by atoms with E-state index < -0.39 is 22.4 Å². The Morgan fingerprint density at radius 2 is 1.46 bits per heavy atom. The molecule has 0 bridgehead atoms. The van der Waals surface area contributed by atoms with E-state index in [1.807, 2.05) is 6.92 Å². The average Bonchev–Trinajstić information content (AvgIpc) is 2.98. The molecule has 0 saturated heterocycles. The first kappa shape index (κ1) is 16.4. The van der Waals surface area contributed by atoms with Crippen LogP contribution in [0.1, 0.15) is 39.5 Å². The molecule has 2 aromatic heterocycles. The Morgan fingerprint density at radius 1 is 0.917 bits per heavy atom. The number of rotatable bonds is 6. The molecule has 0 fully saturated rings. The number of unbranched alkanes of at least 4 members (excludes halogenated alkanes) is 1. The molecule has 0 saturated carbocycles. The number of hydrogen-bond donors (Lipinski definition) is 0. The van der Waals surface area contributed by atoms with Gasteiger partial charge in [-0.3, -0.25) is 14.2 Å². The van der Waals surface area contributed by atoms with E-state index in [1.165, 1.54) is 16.7 Å². The average molecular weight is 329 g/mol. The second kappa shape index (κ2) is 6.19. The fraction of sp³-hybridized carbons (Fsp3) is 0.444. The van der Waals surface area contributed by atoms with Gasteiger partial charge in [-0.2, -0.15) is 0 Å². The maximum Gasteiger partial charge on any atom is 0.346 e. The molecule has 6 heteroatoms. The fourth-order valence-electron chi connectivity index (χ4n) is 3.21. The Hall–Kier alpha value is -2.50. The second-order valence-corrected chi connectivity index (χ2v) is 6.26. The first-order chi connectivity index (χ1) is 11.5. The summed E-state index contributed by atoms with van der Waals surface area (Å²) in [6.45, 7) is 4.51. The summed E-state index contributed by atoms with van der Waals surface area (Å²) in [7, 11) is 0. The van der Waals surface area contributed by atoms with Gasteiger partial charge in [-0.1, -0.05) is 33.1 Å². The van der Waals surface area contributed by atoms with E-state index in [0.29, 0.717) is 6.54 Å². The molecule has 24 heavy (non-hydrogen) atoms. The largest absolute Gasteiger partial charge is 0.386 e. The van der Waals surface area contributed by atoms with Gasteiger partial charge in [-0.05, 0) is 24.5 Å². The first-order valence-electron chi connectivity index (χ1n) is 8.28. The maximum absolute atomic E-state index is 12.6. The standard InChI is InChI=1S/C18H19NO5/c1-3-5-6-10(4-2)9-19-15(20)11-7-13-14(8-12(11)16(19)21)18(23)24-17(13)22/h7-8,10H,3-6,9H2,1-2H3. The third kappa shape index (κ3) is 2.52. The van der Waals surface area contributed by atoms with Gasteiger partial charge in [0, 0.05) is 6.54 Å². The first-order valence-corrected chi connectivity index (χ1v) is 8.28. The molecule has 1 aromatic carbocycles. The lowest BCUT2D eigenvalue weighted by Crippen LogP contribution is -2.29. The summed E-state index contributed by atoms with van der Waals surface area (Å²) in [6.07, 6.45) is 3.96. The van der Waals surface area contributed by atoms with Crippen molar-refractivity contribution < 1.29 is 4.42 Å². The van der Waals surface area contributed by atoms with Crippen molar-refractivity contribution >= 4 is 21.5 Å². The molecule has 2 heterocycles. The Labute approximate surface area is 137 Å². The van der Waals surface area contributed by atoms with E-state index in [4.69, 9.17) is 0 Å². The smallest absolute Gasteiger partial charge is 0.346 e. The highest BCUT2D eigenvalue weighted by molar-refractivity contribution is 5.97. The molecular weight excluding hydrogens is 310 g/mol. The topological polar surface area (TPSA) is 86.3 Å². The lowest BCUT2D eigenvalue weighted by Gasteiger charge is -2.13. The highest BCUT2D eigenvalue weighted by atomic mass is 16.4. The lowest BCUT2D eigenvalue weighted by atomic mass is 9.99. The van der Waals surface area contributed by atoms with Gasteiger partial charge in [-0.15, -0.1) is 0 Å². The van der Waals surface area contributed by atoms with Crippen LogP contribution in [0.2, 0.25) is 0 Å². The third-order valence-corrected chi connectivity index (χ3v) is 4.72. The summed E-state index contributed by atoms with van der Waals surface area (Å²) in [5.74, 6) is 0.255. The highest BCUT2D eigenvalue weighted by Gasteiger charge is 2.19. The van der Waals surface area contributed by atoms with E-state index in [9.17, 15) is 19.2 Å². The van der Waals surface area contributed by atoms with Crippen LogP contribution in [0.15, 0.2) is 35.7 Å². The summed E-state index contributed by atoms with van der Waals surface area (Å²) >= 11 is 0. The summed E-state index contributed by atoms with van der Waals surface area (Å²) in [5.41, 5.74) is -2.35. The van der Waals surface area contributed by atoms with Crippen LogP contribution in [-0.4, -0.2) is 4.57 Å². The monoisotopic (exact) mass is 329 g/mol. The van der Waals surface area contributed by atoms with Crippen LogP contribution in [0.3, 0.4) is 0 Å². The molecule has 0 radical (unpaired) electrons. The predicted octanol–water partition coefficient (Wildman–Crippen LogP) is 1.92. The van der Waals surface area contributed by atoms with Crippen LogP contribution in [0.4, 0.5) is 0 Å². The molecule has 0 amide bonds. The minimum absolute atomic E-state index is 0.0553. The van der Waals surface area contributed by atoms with Crippen molar-refractivity contribution in [3.63, 3.8) is 0 Å². The molecule has 0 aliphatic carbocycles. The van der Waals surface area contributed by atoms with Crippen molar-refractivity contribution in [1.29, 1.82) is 0 Å². The molecule has 1 atom stereocenters. The molecule has 0 N–H and O–H groups in total. The van der Waals surface area contributed by atoms with E-state index in [0.717, 1.165) is 25.7 Å². The van der Waals surface area contributed by atoms with Gasteiger partial charge < -0.3 is 4.42 Å². The van der Waals surface area contributed by atoms with Gasteiger partial charge in [0.15, 0.2) is 0 Å². The Kier molecular flexibility index (Phi) is 4.22. The van der Waals surface area contributed by atoms with Gasteiger partial charge in [0.05, 0.1) is 21.5 Å². The predicted molar refractivity (Wildman–Crippen MR) is 92.5 cm³/mol. The number of benzene rings is 1. The van der Waals surface area contributed by atoms with Crippen LogP contribution in [-0.2, 0) is 6.54 Å². The lowest BCUT2D eigenvalue weighted by molar-refractivity contribution is 0.384. The number of fused-ring (bicyclic) bond motifs is 2. The molecule has 6 nitrogen and oxygen atoms in total. The minimum Gasteiger partial charge on any atom is -0.386 e. The maximum atomic E-state index is 12.6. The van der Waals surface area contributed by atoms with Crippen molar-refractivity contribution in [2.24, 2.45) is 5.92 Å². The fourth-order valence-corrected chi connectivity index (χ4v) is 3.21. The van der Waals surface area contributed by atoms with Crippen LogP contribution >= 0.6 is 0 Å². The van der Waals surface area contributed by atoms with E-state index >= 15 is 0 Å². The minimum atomic E-state index is -0.772. The molecule has 0 aliphatic rings. The van der Waals surface area contributed by atoms with Crippen molar-refractivity contribution in [2.45, 2.75) is 46.1 Å². The second-order valence-electron chi connectivity index (χ2n) is 6.26. The number of nitrogens with zero attached hydrogens (tertiary/aromatic N) is 1. The quantitative estimate of drug-likeness (QED) is 0.689. The SMILES string of the molecule is CCCCC(CC)Cn1c(=O)c2cc3c(=O)oc(=O)c3cc2c1=O. The van der Waals surface area contributed by atoms with E-state index in [-0.39, 0.29) is 27.5 Å². The van der Waals surface area contributed by atoms with Gasteiger partial charge in [0.1, 0.15) is 0 Å². The van der Waals surface area contributed by atoms with E-state index in [2.05, 4.69) is 11.3 Å². The van der Waals surface area contributed by atoms with Gasteiger partial charge in [0.25, 0.3) is 11.1 Å². The number of furan rings is 1. The van der Waals surface area contributed by atoms with Gasteiger partial charge in [0.2, 0.25) is 0 Å². The van der Waals surface area contributed by atoms with Crippen molar-refractivity contribution in [3.05, 3.63) is 53.7 Å². The summed E-state index contributed by atoms with van der Waals surface area (Å²) in [6, 6.07) is 2.62. The Bertz CT molecular complexity index is 1020. The van der Waals surface area contributed by atoms with Crippen molar-refractivity contribution in [3.8, 4) is 0 Å². The van der Waals surface area contributed by atoms with Crippen molar-refractivity contribution in [2.75, 3.05) is 0 Å². The van der Waals surface area contributed by atoms with Crippen LogP contribution in [0, 0.1) is 5.92 Å². The van der Waals surface area contributed by atoms with Crippen LogP contribution < -0.4 is 22.4 Å². The molecule has 1 unspecified atom stereocenters. The van der Waals surface area contributed by atoms with Gasteiger partial charge in [-0.25, -0.2) is 9.59 Å². The van der Waals surface area contributed by atoms with Gasteiger partial charge >= 0.3 is 11.3 Å². The molecule has 0 aliphatic heterocycles. The van der Waals surface area contributed by atoms with E-state index in [1.54, 1.807) is 0 Å². The zero-order chi connectivity index (χ0) is 17.4. The molecule has 3 aromatic rings. The zero-order valence-corrected chi connectivity index (χ0v) is 13.8. The summed E-state index contributed by atoms with van der Waals surface area (Å²) in [4.78, 5) is 48.4. The Morgan fingerprint density at radius 3 is 1.92 bits per heavy atom. The third-order valence-electron chi connectivity index (χ3n) is 4.72.